The van der Waals surface area contributed by atoms with Gasteiger partial charge >= 0.3 is 0 Å². The second kappa shape index (κ2) is 10.2. The normalized spacial score (nSPS) is 17.4. The van der Waals surface area contributed by atoms with Crippen molar-refractivity contribution in [1.82, 2.24) is 14.8 Å². The van der Waals surface area contributed by atoms with E-state index in [0.717, 1.165) is 37.1 Å². The van der Waals surface area contributed by atoms with Crippen LogP contribution in [0, 0.1) is 0 Å². The second-order valence-corrected chi connectivity index (χ2v) is 7.18. The summed E-state index contributed by atoms with van der Waals surface area (Å²) in [5, 5.41) is 3.04. The minimum atomic E-state index is -0.204. The summed E-state index contributed by atoms with van der Waals surface area (Å²) in [5.74, 6) is 0.0238. The molecular formula is C22H29N3O3. The van der Waals surface area contributed by atoms with Crippen molar-refractivity contribution in [2.45, 2.75) is 38.9 Å². The Balaban J connectivity index is 1.53. The molecule has 1 aliphatic heterocycles. The van der Waals surface area contributed by atoms with Gasteiger partial charge in [-0.15, -0.1) is 0 Å². The fourth-order valence-corrected chi connectivity index (χ4v) is 3.37. The number of carbonyl (C=O) groups is 1. The van der Waals surface area contributed by atoms with E-state index < -0.39 is 0 Å². The number of nitrogens with zero attached hydrogens (tertiary/aromatic N) is 2. The molecule has 6 nitrogen and oxygen atoms in total. The molecule has 1 amide bonds. The van der Waals surface area contributed by atoms with Crippen molar-refractivity contribution in [3.05, 3.63) is 70.1 Å². The van der Waals surface area contributed by atoms with E-state index in [0.29, 0.717) is 26.3 Å². The highest BCUT2D eigenvalue weighted by molar-refractivity contribution is 5.82. The summed E-state index contributed by atoms with van der Waals surface area (Å²) >= 11 is 0. The van der Waals surface area contributed by atoms with E-state index in [1.165, 1.54) is 0 Å². The number of rotatable bonds is 8. The highest BCUT2D eigenvalue weighted by Gasteiger charge is 2.28. The molecule has 2 aromatic rings. The van der Waals surface area contributed by atoms with Crippen LogP contribution in [0.25, 0.3) is 0 Å². The van der Waals surface area contributed by atoms with Crippen molar-refractivity contribution >= 4 is 5.91 Å². The van der Waals surface area contributed by atoms with Gasteiger partial charge in [0.15, 0.2) is 0 Å². The third kappa shape index (κ3) is 5.53. The van der Waals surface area contributed by atoms with Gasteiger partial charge in [0.05, 0.1) is 19.8 Å². The number of aromatic nitrogens is 1. The molecule has 3 rings (SSSR count). The third-order valence-electron chi connectivity index (χ3n) is 5.08. The van der Waals surface area contributed by atoms with Gasteiger partial charge in [-0.05, 0) is 30.2 Å². The quantitative estimate of drug-likeness (QED) is 0.758. The largest absolute Gasteiger partial charge is 0.378 e. The molecule has 1 aliphatic rings. The van der Waals surface area contributed by atoms with E-state index in [9.17, 15) is 9.59 Å². The highest BCUT2D eigenvalue weighted by Crippen LogP contribution is 2.10. The lowest BCUT2D eigenvalue weighted by molar-refractivity contribution is -0.132. The zero-order chi connectivity index (χ0) is 19.8. The van der Waals surface area contributed by atoms with Crippen LogP contribution in [0.4, 0.5) is 0 Å². The minimum absolute atomic E-state index is 0.0128. The third-order valence-corrected chi connectivity index (χ3v) is 5.08. The van der Waals surface area contributed by atoms with Crippen LogP contribution in [0.5, 0.6) is 0 Å². The lowest BCUT2D eigenvalue weighted by Crippen LogP contribution is -2.53. The molecule has 1 N–H and O–H groups in total. The molecule has 1 atom stereocenters. The van der Waals surface area contributed by atoms with E-state index in [2.05, 4.69) is 17.1 Å². The predicted octanol–water partition coefficient (Wildman–Crippen LogP) is 2.01. The SMILES string of the molecule is CCCCN1CCOC[C@H]1C(=O)NCc1ccc(Cn2ccccc2=O)cc1. The Morgan fingerprint density at radius 2 is 1.96 bits per heavy atom. The maximum atomic E-state index is 12.6. The number of hydrogen-bond donors (Lipinski definition) is 1. The molecule has 1 saturated heterocycles. The van der Waals surface area contributed by atoms with Crippen LogP contribution in [0.3, 0.4) is 0 Å². The van der Waals surface area contributed by atoms with Crippen LogP contribution in [0.1, 0.15) is 30.9 Å². The number of ether oxygens (including phenoxy) is 1. The second-order valence-electron chi connectivity index (χ2n) is 7.18. The molecule has 28 heavy (non-hydrogen) atoms. The first-order valence-electron chi connectivity index (χ1n) is 10.00. The molecule has 1 fully saturated rings. The Bertz CT molecular complexity index is 816. The van der Waals surface area contributed by atoms with Crippen molar-refractivity contribution in [1.29, 1.82) is 0 Å². The first-order valence-corrected chi connectivity index (χ1v) is 10.00. The summed E-state index contributed by atoms with van der Waals surface area (Å²) in [7, 11) is 0. The number of benzene rings is 1. The molecule has 1 aromatic carbocycles. The van der Waals surface area contributed by atoms with Gasteiger partial charge < -0.3 is 14.6 Å². The molecule has 1 aromatic heterocycles. The van der Waals surface area contributed by atoms with Crippen LogP contribution < -0.4 is 10.9 Å². The maximum Gasteiger partial charge on any atom is 0.250 e. The van der Waals surface area contributed by atoms with Crippen molar-refractivity contribution in [3.63, 3.8) is 0 Å². The molecule has 0 bridgehead atoms. The van der Waals surface area contributed by atoms with Crippen LogP contribution >= 0.6 is 0 Å². The number of pyridine rings is 1. The molecular weight excluding hydrogens is 354 g/mol. The Kier molecular flexibility index (Phi) is 7.39. The molecule has 0 unspecified atom stereocenters. The van der Waals surface area contributed by atoms with Gasteiger partial charge in [0, 0.05) is 25.4 Å². The summed E-state index contributed by atoms with van der Waals surface area (Å²) in [6.45, 7) is 6.09. The number of carbonyl (C=O) groups excluding carboxylic acids is 1. The summed E-state index contributed by atoms with van der Waals surface area (Å²) < 4.78 is 7.19. The fourth-order valence-electron chi connectivity index (χ4n) is 3.37. The topological polar surface area (TPSA) is 63.6 Å². The van der Waals surface area contributed by atoms with Crippen LogP contribution in [-0.4, -0.2) is 47.7 Å². The monoisotopic (exact) mass is 383 g/mol. The van der Waals surface area contributed by atoms with E-state index in [4.69, 9.17) is 4.74 Å². The Labute approximate surface area is 166 Å². The predicted molar refractivity (Wildman–Crippen MR) is 109 cm³/mol. The zero-order valence-corrected chi connectivity index (χ0v) is 16.5. The van der Waals surface area contributed by atoms with Crippen LogP contribution in [0.2, 0.25) is 0 Å². The molecule has 2 heterocycles. The van der Waals surface area contributed by atoms with Gasteiger partial charge in [-0.1, -0.05) is 43.7 Å². The van der Waals surface area contributed by atoms with Gasteiger partial charge in [0.2, 0.25) is 5.91 Å². The average Bonchev–Trinajstić information content (AvgIpc) is 2.73. The molecule has 6 heteroatoms. The van der Waals surface area contributed by atoms with Crippen LogP contribution in [0.15, 0.2) is 53.5 Å². The van der Waals surface area contributed by atoms with Gasteiger partial charge in [0.1, 0.15) is 6.04 Å². The van der Waals surface area contributed by atoms with E-state index >= 15 is 0 Å². The first-order chi connectivity index (χ1) is 13.7. The molecule has 0 radical (unpaired) electrons. The van der Waals surface area contributed by atoms with E-state index in [1.54, 1.807) is 22.9 Å². The number of nitrogens with one attached hydrogen (secondary N) is 1. The Morgan fingerprint density at radius 3 is 2.71 bits per heavy atom. The van der Waals surface area contributed by atoms with Gasteiger partial charge in [-0.3, -0.25) is 14.5 Å². The van der Waals surface area contributed by atoms with E-state index in [-0.39, 0.29) is 17.5 Å². The standard InChI is InChI=1S/C22H29N3O3/c1-2-3-11-24-13-14-28-17-20(24)22(27)23-15-18-7-9-19(10-8-18)16-25-12-5-4-6-21(25)26/h4-10,12,20H,2-3,11,13-17H2,1H3,(H,23,27)/t20-/m0/s1. The number of unbranched alkanes of at least 4 members (excludes halogenated alkanes) is 1. The van der Waals surface area contributed by atoms with Crippen molar-refractivity contribution in [3.8, 4) is 0 Å². The molecule has 0 aliphatic carbocycles. The average molecular weight is 383 g/mol. The summed E-state index contributed by atoms with van der Waals surface area (Å²) in [4.78, 5) is 26.7. The fraction of sp³-hybridized carbons (Fsp3) is 0.455. The maximum absolute atomic E-state index is 12.6. The number of morpholine rings is 1. The lowest BCUT2D eigenvalue weighted by Gasteiger charge is -2.34. The smallest absolute Gasteiger partial charge is 0.250 e. The van der Waals surface area contributed by atoms with Gasteiger partial charge in [-0.25, -0.2) is 0 Å². The highest BCUT2D eigenvalue weighted by atomic mass is 16.5. The minimum Gasteiger partial charge on any atom is -0.378 e. The molecule has 150 valence electrons. The van der Waals surface area contributed by atoms with Crippen molar-refractivity contribution in [2.24, 2.45) is 0 Å². The first kappa shape index (κ1) is 20.3. The molecule has 0 spiro atoms. The Hall–Kier alpha value is -2.44. The zero-order valence-electron chi connectivity index (χ0n) is 16.5. The summed E-state index contributed by atoms with van der Waals surface area (Å²) in [5.41, 5.74) is 2.07. The molecule has 0 saturated carbocycles. The van der Waals surface area contributed by atoms with Crippen molar-refractivity contribution in [2.75, 3.05) is 26.3 Å². The number of hydrogen-bond acceptors (Lipinski definition) is 4. The Morgan fingerprint density at radius 1 is 1.18 bits per heavy atom. The van der Waals surface area contributed by atoms with E-state index in [1.807, 2.05) is 30.3 Å². The van der Waals surface area contributed by atoms with Gasteiger partial charge in [0.25, 0.3) is 5.56 Å². The van der Waals surface area contributed by atoms with Crippen LogP contribution in [-0.2, 0) is 22.6 Å². The summed E-state index contributed by atoms with van der Waals surface area (Å²) in [6, 6.07) is 12.9. The van der Waals surface area contributed by atoms with Crippen molar-refractivity contribution < 1.29 is 9.53 Å². The summed E-state index contributed by atoms with van der Waals surface area (Å²) in [6.07, 6.45) is 4.00. The lowest BCUT2D eigenvalue weighted by atomic mass is 10.1. The van der Waals surface area contributed by atoms with Gasteiger partial charge in [-0.2, -0.15) is 0 Å². The number of amides is 1.